The van der Waals surface area contributed by atoms with Gasteiger partial charge in [0.25, 0.3) is 6.71 Å². The van der Waals surface area contributed by atoms with E-state index >= 15 is 0 Å². The van der Waals surface area contributed by atoms with Crippen molar-refractivity contribution in [3.63, 3.8) is 0 Å². The van der Waals surface area contributed by atoms with Crippen molar-refractivity contribution in [1.29, 1.82) is 0 Å². The van der Waals surface area contributed by atoms with E-state index in [4.69, 9.17) is 4.74 Å². The summed E-state index contributed by atoms with van der Waals surface area (Å²) < 4.78 is 9.53. The van der Waals surface area contributed by atoms with Crippen LogP contribution in [0.5, 0.6) is 11.5 Å². The molecule has 1 aromatic heterocycles. The predicted molar refractivity (Wildman–Crippen MR) is 264 cm³/mol. The van der Waals surface area contributed by atoms with E-state index in [1.807, 2.05) is 0 Å². The third-order valence-electron chi connectivity index (χ3n) is 13.0. The molecule has 2 aliphatic rings. The SMILES string of the molecule is c1ccc(-c2ccc(N(c3ccccc3)c3ccc4c5cc6c(cc5n(-c5ccccc5)c4c3)B3c4c(cccc4N(c4ccccc4)c4ccc5ccccc5c43)O6)cc2)cc1. The highest BCUT2D eigenvalue weighted by Gasteiger charge is 2.43. The second-order valence-corrected chi connectivity index (χ2v) is 16.5. The number of anilines is 6. The molecule has 13 rings (SSSR count). The zero-order valence-corrected chi connectivity index (χ0v) is 34.3. The van der Waals surface area contributed by atoms with E-state index in [-0.39, 0.29) is 6.71 Å². The van der Waals surface area contributed by atoms with Gasteiger partial charge in [-0.15, -0.1) is 0 Å². The highest BCUT2D eigenvalue weighted by molar-refractivity contribution is 7.00. The quantitative estimate of drug-likeness (QED) is 0.156. The zero-order valence-electron chi connectivity index (χ0n) is 34.3. The van der Waals surface area contributed by atoms with Crippen LogP contribution in [0.3, 0.4) is 0 Å². The summed E-state index contributed by atoms with van der Waals surface area (Å²) >= 11 is 0. The molecular formula is C58H38BN3O. The van der Waals surface area contributed by atoms with Crippen molar-refractivity contribution in [2.45, 2.75) is 0 Å². The summed E-state index contributed by atoms with van der Waals surface area (Å²) in [7, 11) is 0. The molecule has 0 fully saturated rings. The smallest absolute Gasteiger partial charge is 0.257 e. The molecule has 0 amide bonds. The standard InChI is InChI=1S/C58H38BN3O/c1-5-16-39(17-6-1)40-28-31-45(32-29-40)60(42-19-7-2-8-20-42)46-33-34-48-49-37-56-50(38-54(49)62(53(48)36-46)44-23-11-4-12-24-44)59-57-47-25-14-13-18-41(47)30-35-52(57)61(43-21-9-3-10-22-43)51-26-15-27-55(63-56)58(51)59/h1-38H. The fourth-order valence-corrected chi connectivity index (χ4v) is 10.3. The first kappa shape index (κ1) is 35.5. The Bertz CT molecular complexity index is 3540. The molecule has 0 N–H and O–H groups in total. The maximum Gasteiger partial charge on any atom is 0.257 e. The summed E-state index contributed by atoms with van der Waals surface area (Å²) in [6.07, 6.45) is 0. The minimum Gasteiger partial charge on any atom is -0.458 e. The van der Waals surface area contributed by atoms with Crippen LogP contribution in [0.2, 0.25) is 0 Å². The molecule has 0 spiro atoms. The number of rotatable bonds is 6. The number of hydrogen-bond acceptors (Lipinski definition) is 3. The Labute approximate surface area is 366 Å². The van der Waals surface area contributed by atoms with Crippen molar-refractivity contribution in [3.05, 3.63) is 231 Å². The molecule has 0 saturated heterocycles. The minimum atomic E-state index is -0.0596. The van der Waals surface area contributed by atoms with E-state index in [9.17, 15) is 0 Å². The van der Waals surface area contributed by atoms with Gasteiger partial charge in [-0.2, -0.15) is 0 Å². The van der Waals surface area contributed by atoms with Gasteiger partial charge >= 0.3 is 0 Å². The van der Waals surface area contributed by atoms with E-state index in [0.717, 1.165) is 67.5 Å². The normalized spacial score (nSPS) is 12.5. The molecule has 0 radical (unpaired) electrons. The molecule has 11 aromatic rings. The highest BCUT2D eigenvalue weighted by Crippen LogP contribution is 2.45. The number of hydrogen-bond donors (Lipinski definition) is 0. The number of fused-ring (bicyclic) bond motifs is 9. The van der Waals surface area contributed by atoms with Crippen molar-refractivity contribution in [3.8, 4) is 28.3 Å². The molecule has 63 heavy (non-hydrogen) atoms. The molecule has 5 heteroatoms. The van der Waals surface area contributed by atoms with E-state index < -0.39 is 0 Å². The molecule has 0 unspecified atom stereocenters. The van der Waals surface area contributed by atoms with Gasteiger partial charge < -0.3 is 19.1 Å². The molecule has 0 bridgehead atoms. The summed E-state index contributed by atoms with van der Waals surface area (Å²) in [6, 6.07) is 83.2. The molecule has 0 saturated carbocycles. The van der Waals surface area contributed by atoms with Gasteiger partial charge in [-0.3, -0.25) is 0 Å². The van der Waals surface area contributed by atoms with E-state index in [0.29, 0.717) is 0 Å². The second kappa shape index (κ2) is 14.2. The van der Waals surface area contributed by atoms with Crippen LogP contribution in [0.4, 0.5) is 34.1 Å². The van der Waals surface area contributed by atoms with Crippen LogP contribution in [0.15, 0.2) is 231 Å². The van der Waals surface area contributed by atoms with Crippen LogP contribution < -0.4 is 30.9 Å². The summed E-state index contributed by atoms with van der Waals surface area (Å²) in [6.45, 7) is -0.0596. The zero-order chi connectivity index (χ0) is 41.4. The topological polar surface area (TPSA) is 20.6 Å². The minimum absolute atomic E-state index is 0.0596. The van der Waals surface area contributed by atoms with Crippen LogP contribution in [0, 0.1) is 0 Å². The molecule has 3 heterocycles. The number of para-hydroxylation sites is 3. The summed E-state index contributed by atoms with van der Waals surface area (Å²) in [5.74, 6) is 1.79. The molecule has 0 aliphatic carbocycles. The van der Waals surface area contributed by atoms with E-state index in [2.05, 4.69) is 245 Å². The van der Waals surface area contributed by atoms with Crippen molar-refractivity contribution in [2.75, 3.05) is 9.80 Å². The van der Waals surface area contributed by atoms with E-state index in [1.165, 1.54) is 43.9 Å². The Morgan fingerprint density at radius 3 is 1.78 bits per heavy atom. The third-order valence-corrected chi connectivity index (χ3v) is 13.0. The summed E-state index contributed by atoms with van der Waals surface area (Å²) in [4.78, 5) is 4.77. The lowest BCUT2D eigenvalue weighted by Crippen LogP contribution is -2.59. The molecule has 0 atom stereocenters. The van der Waals surface area contributed by atoms with Gasteiger partial charge in [-0.05, 0) is 129 Å². The van der Waals surface area contributed by atoms with Crippen molar-refractivity contribution >= 4 is 89.8 Å². The van der Waals surface area contributed by atoms with Crippen LogP contribution in [-0.4, -0.2) is 11.3 Å². The fourth-order valence-electron chi connectivity index (χ4n) is 10.3. The first-order valence-electron chi connectivity index (χ1n) is 21.6. The Morgan fingerprint density at radius 2 is 1.00 bits per heavy atom. The lowest BCUT2D eigenvalue weighted by atomic mass is 9.33. The van der Waals surface area contributed by atoms with Gasteiger partial charge in [0.05, 0.1) is 11.0 Å². The third kappa shape index (κ3) is 5.56. The highest BCUT2D eigenvalue weighted by atomic mass is 16.5. The summed E-state index contributed by atoms with van der Waals surface area (Å²) in [5, 5.41) is 4.79. The molecular weight excluding hydrogens is 765 g/mol. The Balaban J connectivity index is 1.05. The van der Waals surface area contributed by atoms with Crippen LogP contribution >= 0.6 is 0 Å². The monoisotopic (exact) mass is 803 g/mol. The number of aromatic nitrogens is 1. The average Bonchev–Trinajstić information content (AvgIpc) is 3.67. The lowest BCUT2D eigenvalue weighted by Gasteiger charge is -2.40. The van der Waals surface area contributed by atoms with Gasteiger partial charge in [0.1, 0.15) is 11.5 Å². The number of nitrogens with zero attached hydrogens (tertiary/aromatic N) is 3. The number of ether oxygens (including phenoxy) is 1. The summed E-state index contributed by atoms with van der Waals surface area (Å²) in [5.41, 5.74) is 16.1. The molecule has 4 nitrogen and oxygen atoms in total. The maximum absolute atomic E-state index is 7.08. The molecule has 10 aromatic carbocycles. The molecule has 294 valence electrons. The van der Waals surface area contributed by atoms with Gasteiger partial charge in [-0.25, -0.2) is 0 Å². The van der Waals surface area contributed by atoms with Crippen molar-refractivity contribution in [1.82, 2.24) is 4.57 Å². The Kier molecular flexibility index (Phi) is 7.97. The first-order valence-corrected chi connectivity index (χ1v) is 21.6. The van der Waals surface area contributed by atoms with Crippen LogP contribution in [0.25, 0.3) is 49.4 Å². The van der Waals surface area contributed by atoms with Gasteiger partial charge in [-0.1, -0.05) is 140 Å². The molecule has 2 aliphatic heterocycles. The lowest BCUT2D eigenvalue weighted by molar-refractivity contribution is 0.488. The van der Waals surface area contributed by atoms with E-state index in [1.54, 1.807) is 0 Å². The van der Waals surface area contributed by atoms with Gasteiger partial charge in [0, 0.05) is 50.6 Å². The average molecular weight is 804 g/mol. The Hall–Kier alpha value is -8.28. The first-order chi connectivity index (χ1) is 31.3. The second-order valence-electron chi connectivity index (χ2n) is 16.5. The maximum atomic E-state index is 7.08. The van der Waals surface area contributed by atoms with Crippen LogP contribution in [0.1, 0.15) is 0 Å². The van der Waals surface area contributed by atoms with Crippen LogP contribution in [-0.2, 0) is 0 Å². The predicted octanol–water partition coefficient (Wildman–Crippen LogP) is 13.5. The van der Waals surface area contributed by atoms with Crippen molar-refractivity contribution in [2.24, 2.45) is 0 Å². The fraction of sp³-hybridized carbons (Fsp3) is 0. The van der Waals surface area contributed by atoms with Gasteiger partial charge in [0.2, 0.25) is 0 Å². The number of benzene rings is 10. The van der Waals surface area contributed by atoms with Gasteiger partial charge in [0.15, 0.2) is 0 Å². The van der Waals surface area contributed by atoms with Crippen molar-refractivity contribution < 1.29 is 4.74 Å². The largest absolute Gasteiger partial charge is 0.458 e. The Morgan fingerprint density at radius 1 is 0.381 bits per heavy atom.